The largest absolute Gasteiger partial charge is 0.457 e. The lowest BCUT2D eigenvalue weighted by molar-refractivity contribution is 0.104. The average molecular weight is 463 g/mol. The van der Waals surface area contributed by atoms with Crippen LogP contribution < -0.4 is 10.1 Å². The second-order valence-electron chi connectivity index (χ2n) is 8.18. The molecule has 2 aromatic heterocycles. The minimum atomic E-state index is -0.242. The highest BCUT2D eigenvalue weighted by atomic mass is 35.5. The summed E-state index contributed by atoms with van der Waals surface area (Å²) >= 11 is 6.49. The molecular weight excluding hydrogens is 440 g/mol. The molecule has 33 heavy (non-hydrogen) atoms. The summed E-state index contributed by atoms with van der Waals surface area (Å²) in [6, 6.07) is 14.6. The summed E-state index contributed by atoms with van der Waals surface area (Å²) in [6.07, 6.45) is 6.05. The van der Waals surface area contributed by atoms with Crippen molar-refractivity contribution in [2.24, 2.45) is 0 Å². The lowest BCUT2D eigenvalue weighted by Crippen LogP contribution is -2.28. The van der Waals surface area contributed by atoms with E-state index in [2.05, 4.69) is 20.3 Å². The number of ketones is 1. The average Bonchev–Trinajstić information content (AvgIpc) is 3.26. The van der Waals surface area contributed by atoms with Crippen molar-refractivity contribution in [3.05, 3.63) is 77.2 Å². The smallest absolute Gasteiger partial charge is 0.196 e. The number of hydrogen-bond donors (Lipinski definition) is 3. The van der Waals surface area contributed by atoms with Crippen LogP contribution in [0.5, 0.6) is 11.5 Å². The van der Waals surface area contributed by atoms with E-state index in [1.165, 1.54) is 6.33 Å². The van der Waals surface area contributed by atoms with Gasteiger partial charge in [0.2, 0.25) is 0 Å². The Morgan fingerprint density at radius 1 is 1.03 bits per heavy atom. The summed E-state index contributed by atoms with van der Waals surface area (Å²) in [7, 11) is 0. The predicted octanol–water partition coefficient (Wildman–Crippen LogP) is 5.35. The Morgan fingerprint density at radius 2 is 1.82 bits per heavy atom. The number of carbonyl (C=O) groups is 1. The van der Waals surface area contributed by atoms with Crippen molar-refractivity contribution in [3.8, 4) is 11.5 Å². The van der Waals surface area contributed by atoms with E-state index in [1.807, 2.05) is 30.3 Å². The van der Waals surface area contributed by atoms with Gasteiger partial charge in [0.1, 0.15) is 29.3 Å². The molecule has 0 spiro atoms. The third kappa shape index (κ3) is 4.55. The molecule has 0 bridgehead atoms. The lowest BCUT2D eigenvalue weighted by atomic mass is 9.93. The van der Waals surface area contributed by atoms with Gasteiger partial charge in [0, 0.05) is 23.9 Å². The first-order chi connectivity index (χ1) is 16.1. The highest BCUT2D eigenvalue weighted by Crippen LogP contribution is 2.32. The molecule has 7 nitrogen and oxygen atoms in total. The number of benzene rings is 2. The Hall–Kier alpha value is -3.42. The normalized spacial score (nSPS) is 18.2. The van der Waals surface area contributed by atoms with Crippen LogP contribution in [0.25, 0.3) is 11.0 Å². The van der Waals surface area contributed by atoms with Crippen LogP contribution in [-0.4, -0.2) is 38.0 Å². The van der Waals surface area contributed by atoms with Gasteiger partial charge in [-0.25, -0.2) is 9.97 Å². The highest BCUT2D eigenvalue weighted by Gasteiger charge is 2.24. The van der Waals surface area contributed by atoms with E-state index in [0.29, 0.717) is 44.5 Å². The molecule has 1 saturated carbocycles. The molecule has 0 saturated heterocycles. The molecular formula is C25H23ClN4O3. The molecule has 2 aromatic carbocycles. The standard InChI is InChI=1S/C25H23ClN4O3/c26-21-12-18(33-17-4-2-1-3-5-17)10-11-19(21)23(32)20-13-27-24-22(20)25(29-14-28-24)30-15-6-8-16(31)9-7-15/h1-5,10-16,31H,6-9H2,(H2,27,28,29,30)/t15-,16-. The summed E-state index contributed by atoms with van der Waals surface area (Å²) < 4.78 is 5.82. The molecule has 0 atom stereocenters. The predicted molar refractivity (Wildman–Crippen MR) is 127 cm³/mol. The number of nitrogens with one attached hydrogen (secondary N) is 2. The molecule has 1 aliphatic rings. The Morgan fingerprint density at radius 3 is 2.58 bits per heavy atom. The Balaban J connectivity index is 1.42. The molecule has 2 heterocycles. The molecule has 1 fully saturated rings. The van der Waals surface area contributed by atoms with Crippen LogP contribution in [0.3, 0.4) is 0 Å². The summed E-state index contributed by atoms with van der Waals surface area (Å²) in [6.45, 7) is 0. The number of anilines is 1. The second-order valence-corrected chi connectivity index (χ2v) is 8.59. The first-order valence-corrected chi connectivity index (χ1v) is 11.3. The molecule has 168 valence electrons. The third-order valence-electron chi connectivity index (χ3n) is 5.92. The lowest BCUT2D eigenvalue weighted by Gasteiger charge is -2.26. The van der Waals surface area contributed by atoms with Gasteiger partial charge in [-0.3, -0.25) is 4.79 Å². The van der Waals surface area contributed by atoms with Crippen LogP contribution in [0.4, 0.5) is 5.82 Å². The fraction of sp³-hybridized carbons (Fsp3) is 0.240. The molecule has 0 amide bonds. The van der Waals surface area contributed by atoms with Gasteiger partial charge in [-0.2, -0.15) is 0 Å². The van der Waals surface area contributed by atoms with Gasteiger partial charge >= 0.3 is 0 Å². The van der Waals surface area contributed by atoms with Gasteiger partial charge in [0.25, 0.3) is 0 Å². The number of rotatable bonds is 6. The fourth-order valence-electron chi connectivity index (χ4n) is 4.18. The summed E-state index contributed by atoms with van der Waals surface area (Å²) in [5.41, 5.74) is 1.39. The molecule has 1 aliphatic carbocycles. The van der Waals surface area contributed by atoms with Crippen LogP contribution in [-0.2, 0) is 0 Å². The number of ether oxygens (including phenoxy) is 1. The van der Waals surface area contributed by atoms with Gasteiger partial charge in [0.15, 0.2) is 5.78 Å². The minimum absolute atomic E-state index is 0.183. The SMILES string of the molecule is O=C(c1ccc(Oc2ccccc2)cc1Cl)c1c[nH]c2ncnc(N[C@H]3CC[C@H](O)CC3)c12. The monoisotopic (exact) mass is 462 g/mol. The van der Waals surface area contributed by atoms with Crippen molar-refractivity contribution >= 4 is 34.2 Å². The number of para-hydroxylation sites is 1. The molecule has 3 N–H and O–H groups in total. The number of hydrogen-bond acceptors (Lipinski definition) is 6. The first-order valence-electron chi connectivity index (χ1n) is 10.9. The van der Waals surface area contributed by atoms with Gasteiger partial charge in [0.05, 0.1) is 22.1 Å². The van der Waals surface area contributed by atoms with Gasteiger partial charge in [-0.15, -0.1) is 0 Å². The molecule has 5 rings (SSSR count). The zero-order valence-corrected chi connectivity index (χ0v) is 18.5. The van der Waals surface area contributed by atoms with Gasteiger partial charge in [-0.05, 0) is 49.9 Å². The number of aromatic nitrogens is 3. The molecule has 0 unspecified atom stereocenters. The maximum Gasteiger partial charge on any atom is 0.196 e. The van der Waals surface area contributed by atoms with Crippen molar-refractivity contribution in [2.45, 2.75) is 37.8 Å². The highest BCUT2D eigenvalue weighted by molar-refractivity contribution is 6.35. The van der Waals surface area contributed by atoms with Crippen LogP contribution in [0, 0.1) is 0 Å². The molecule has 0 aliphatic heterocycles. The van der Waals surface area contributed by atoms with E-state index in [4.69, 9.17) is 16.3 Å². The maximum absolute atomic E-state index is 13.4. The van der Waals surface area contributed by atoms with Crippen LogP contribution >= 0.6 is 11.6 Å². The summed E-state index contributed by atoms with van der Waals surface area (Å²) in [5, 5.41) is 14.2. The minimum Gasteiger partial charge on any atom is -0.457 e. The first kappa shape index (κ1) is 21.4. The van der Waals surface area contributed by atoms with Crippen LogP contribution in [0.2, 0.25) is 5.02 Å². The number of halogens is 1. The van der Waals surface area contributed by atoms with Crippen LogP contribution in [0.1, 0.15) is 41.6 Å². The second kappa shape index (κ2) is 9.21. The Kier molecular flexibility index (Phi) is 5.98. The van der Waals surface area contributed by atoms with Crippen molar-refractivity contribution in [1.29, 1.82) is 0 Å². The van der Waals surface area contributed by atoms with Crippen molar-refractivity contribution in [3.63, 3.8) is 0 Å². The number of aliphatic hydroxyl groups excluding tert-OH is 1. The maximum atomic E-state index is 13.4. The summed E-state index contributed by atoms with van der Waals surface area (Å²) in [5.74, 6) is 1.61. The van der Waals surface area contributed by atoms with Crippen LogP contribution in [0.15, 0.2) is 61.1 Å². The topological polar surface area (TPSA) is 100 Å². The van der Waals surface area contributed by atoms with E-state index in [9.17, 15) is 9.90 Å². The third-order valence-corrected chi connectivity index (χ3v) is 6.23. The molecule has 8 heteroatoms. The van der Waals surface area contributed by atoms with E-state index in [0.717, 1.165) is 25.7 Å². The molecule has 0 radical (unpaired) electrons. The Bertz CT molecular complexity index is 1280. The number of nitrogens with zero attached hydrogens (tertiary/aromatic N) is 2. The molecule has 4 aromatic rings. The number of aromatic amines is 1. The summed E-state index contributed by atoms with van der Waals surface area (Å²) in [4.78, 5) is 25.2. The number of fused-ring (bicyclic) bond motifs is 1. The Labute approximate surface area is 195 Å². The van der Waals surface area contributed by atoms with Gasteiger partial charge < -0.3 is 20.1 Å². The van der Waals surface area contributed by atoms with Crippen molar-refractivity contribution in [1.82, 2.24) is 15.0 Å². The number of H-pyrrole nitrogens is 1. The van der Waals surface area contributed by atoms with Gasteiger partial charge in [-0.1, -0.05) is 29.8 Å². The quantitative estimate of drug-likeness (QED) is 0.334. The van der Waals surface area contributed by atoms with E-state index < -0.39 is 0 Å². The van der Waals surface area contributed by atoms with E-state index in [1.54, 1.807) is 24.4 Å². The van der Waals surface area contributed by atoms with E-state index in [-0.39, 0.29) is 17.9 Å². The van der Waals surface area contributed by atoms with Crippen molar-refractivity contribution < 1.29 is 14.6 Å². The zero-order valence-electron chi connectivity index (χ0n) is 17.8. The van der Waals surface area contributed by atoms with E-state index >= 15 is 0 Å². The zero-order chi connectivity index (χ0) is 22.8. The fourth-order valence-corrected chi connectivity index (χ4v) is 4.43. The number of carbonyl (C=O) groups excluding carboxylic acids is 1. The number of aliphatic hydroxyl groups is 1. The van der Waals surface area contributed by atoms with Crippen molar-refractivity contribution in [2.75, 3.05) is 5.32 Å².